The highest BCUT2D eigenvalue weighted by molar-refractivity contribution is 6.07. The molecule has 3 heteroatoms. The summed E-state index contributed by atoms with van der Waals surface area (Å²) in [4.78, 5) is 12.0. The second kappa shape index (κ2) is 5.90. The fourth-order valence-corrected chi connectivity index (χ4v) is 2.23. The van der Waals surface area contributed by atoms with Crippen LogP contribution in [0, 0.1) is 11.6 Å². The fourth-order valence-electron chi connectivity index (χ4n) is 2.23. The van der Waals surface area contributed by atoms with Gasteiger partial charge in [0.2, 0.25) is 0 Å². The Morgan fingerprint density at radius 3 is 2.36 bits per heavy atom. The molecule has 0 bridgehead atoms. The third-order valence-electron chi connectivity index (χ3n) is 3.40. The average Bonchev–Trinajstić information content (AvgIpc) is 2.55. The molecule has 0 saturated heterocycles. The van der Waals surface area contributed by atoms with Crippen molar-refractivity contribution in [3.63, 3.8) is 0 Å². The minimum absolute atomic E-state index is 0.121. The van der Waals surface area contributed by atoms with Gasteiger partial charge in [-0.1, -0.05) is 42.5 Å². The van der Waals surface area contributed by atoms with Gasteiger partial charge >= 0.3 is 0 Å². The Labute approximate surface area is 126 Å². The number of carbonyl (C=O) groups excluding carboxylic acids is 1. The predicted molar refractivity (Wildman–Crippen MR) is 83.7 cm³/mol. The molecule has 0 aliphatic carbocycles. The van der Waals surface area contributed by atoms with Gasteiger partial charge in [-0.25, -0.2) is 8.78 Å². The second-order valence-corrected chi connectivity index (χ2v) is 4.93. The summed E-state index contributed by atoms with van der Waals surface area (Å²) in [5.74, 6) is -2.35. The third kappa shape index (κ3) is 2.93. The minimum Gasteiger partial charge on any atom is -0.289 e. The van der Waals surface area contributed by atoms with E-state index in [0.717, 1.165) is 28.5 Å². The SMILES string of the molecule is O=C(/C=C/c1ccc2ccccc2c1)c1ccc(F)c(F)c1. The molecule has 3 aromatic carbocycles. The van der Waals surface area contributed by atoms with Gasteiger partial charge in [0.1, 0.15) is 0 Å². The Balaban J connectivity index is 1.85. The van der Waals surface area contributed by atoms with Gasteiger partial charge in [0.25, 0.3) is 0 Å². The van der Waals surface area contributed by atoms with Gasteiger partial charge < -0.3 is 0 Å². The van der Waals surface area contributed by atoms with Crippen LogP contribution in [0.4, 0.5) is 8.78 Å². The normalized spacial score (nSPS) is 11.2. The monoisotopic (exact) mass is 294 g/mol. The number of allylic oxidation sites excluding steroid dienone is 1. The van der Waals surface area contributed by atoms with Gasteiger partial charge in [-0.15, -0.1) is 0 Å². The summed E-state index contributed by atoms with van der Waals surface area (Å²) >= 11 is 0. The van der Waals surface area contributed by atoms with Gasteiger partial charge in [-0.3, -0.25) is 4.79 Å². The van der Waals surface area contributed by atoms with Crippen LogP contribution in [0.2, 0.25) is 0 Å². The topological polar surface area (TPSA) is 17.1 Å². The van der Waals surface area contributed by atoms with E-state index in [1.165, 1.54) is 12.1 Å². The molecule has 0 amide bonds. The molecule has 1 nitrogen and oxygen atoms in total. The Kier molecular flexibility index (Phi) is 3.79. The summed E-state index contributed by atoms with van der Waals surface area (Å²) in [7, 11) is 0. The van der Waals surface area contributed by atoms with Crippen LogP contribution in [0.15, 0.2) is 66.7 Å². The van der Waals surface area contributed by atoms with Gasteiger partial charge in [-0.05, 0) is 46.7 Å². The molecular formula is C19H12F2O. The first-order valence-electron chi connectivity index (χ1n) is 6.80. The largest absolute Gasteiger partial charge is 0.289 e. The lowest BCUT2D eigenvalue weighted by Crippen LogP contribution is -1.96. The van der Waals surface area contributed by atoms with Crippen molar-refractivity contribution in [1.29, 1.82) is 0 Å². The van der Waals surface area contributed by atoms with E-state index in [2.05, 4.69) is 0 Å². The van der Waals surface area contributed by atoms with Crippen LogP contribution in [0.25, 0.3) is 16.8 Å². The zero-order valence-electron chi connectivity index (χ0n) is 11.6. The molecular weight excluding hydrogens is 282 g/mol. The van der Waals surface area contributed by atoms with Crippen LogP contribution < -0.4 is 0 Å². The Hall–Kier alpha value is -2.81. The quantitative estimate of drug-likeness (QED) is 0.490. The van der Waals surface area contributed by atoms with E-state index in [-0.39, 0.29) is 11.3 Å². The van der Waals surface area contributed by atoms with Crippen molar-refractivity contribution < 1.29 is 13.6 Å². The lowest BCUT2D eigenvalue weighted by atomic mass is 10.1. The lowest BCUT2D eigenvalue weighted by molar-refractivity contribution is 0.104. The van der Waals surface area contributed by atoms with Crippen LogP contribution in [0.3, 0.4) is 0 Å². The van der Waals surface area contributed by atoms with Crippen molar-refractivity contribution in [2.24, 2.45) is 0 Å². The van der Waals surface area contributed by atoms with E-state index < -0.39 is 11.6 Å². The minimum atomic E-state index is -1.02. The maximum atomic E-state index is 13.1. The molecule has 0 atom stereocenters. The Bertz CT molecular complexity index is 881. The van der Waals surface area contributed by atoms with Gasteiger partial charge in [-0.2, -0.15) is 0 Å². The highest BCUT2D eigenvalue weighted by Gasteiger charge is 2.07. The van der Waals surface area contributed by atoms with E-state index >= 15 is 0 Å². The highest BCUT2D eigenvalue weighted by atomic mass is 19.2. The molecule has 0 spiro atoms. The fraction of sp³-hybridized carbons (Fsp3) is 0. The molecule has 0 aliphatic heterocycles. The molecule has 0 N–H and O–H groups in total. The summed E-state index contributed by atoms with van der Waals surface area (Å²) < 4.78 is 26.0. The number of carbonyl (C=O) groups is 1. The maximum Gasteiger partial charge on any atom is 0.185 e. The molecule has 0 heterocycles. The number of rotatable bonds is 3. The van der Waals surface area contributed by atoms with Crippen molar-refractivity contribution in [2.75, 3.05) is 0 Å². The number of halogens is 2. The van der Waals surface area contributed by atoms with Gasteiger partial charge in [0.05, 0.1) is 0 Å². The zero-order valence-corrected chi connectivity index (χ0v) is 11.6. The molecule has 22 heavy (non-hydrogen) atoms. The first-order valence-corrected chi connectivity index (χ1v) is 6.80. The molecule has 0 saturated carbocycles. The predicted octanol–water partition coefficient (Wildman–Crippen LogP) is 5.01. The number of ketones is 1. The van der Waals surface area contributed by atoms with Crippen molar-refractivity contribution in [2.45, 2.75) is 0 Å². The lowest BCUT2D eigenvalue weighted by Gasteiger charge is -2.00. The summed E-state index contributed by atoms with van der Waals surface area (Å²) in [5, 5.41) is 2.19. The third-order valence-corrected chi connectivity index (χ3v) is 3.40. The zero-order chi connectivity index (χ0) is 15.5. The van der Waals surface area contributed by atoms with Crippen LogP contribution >= 0.6 is 0 Å². The number of hydrogen-bond donors (Lipinski definition) is 0. The summed E-state index contributed by atoms with van der Waals surface area (Å²) in [5.41, 5.74) is 0.991. The van der Waals surface area contributed by atoms with Crippen molar-refractivity contribution in [1.82, 2.24) is 0 Å². The van der Waals surface area contributed by atoms with Crippen molar-refractivity contribution in [3.8, 4) is 0 Å². The number of benzene rings is 3. The number of fused-ring (bicyclic) bond motifs is 1. The van der Waals surface area contributed by atoms with E-state index in [9.17, 15) is 13.6 Å². The average molecular weight is 294 g/mol. The molecule has 3 aromatic rings. The van der Waals surface area contributed by atoms with Crippen LogP contribution in [-0.4, -0.2) is 5.78 Å². The molecule has 0 aromatic heterocycles. The van der Waals surface area contributed by atoms with Crippen molar-refractivity contribution in [3.05, 3.63) is 89.5 Å². The first kappa shape index (κ1) is 14.1. The van der Waals surface area contributed by atoms with E-state index in [1.807, 2.05) is 42.5 Å². The smallest absolute Gasteiger partial charge is 0.185 e. The van der Waals surface area contributed by atoms with E-state index in [1.54, 1.807) is 6.08 Å². The molecule has 0 unspecified atom stereocenters. The number of hydrogen-bond acceptors (Lipinski definition) is 1. The van der Waals surface area contributed by atoms with Crippen LogP contribution in [-0.2, 0) is 0 Å². The molecule has 0 radical (unpaired) electrons. The maximum absolute atomic E-state index is 13.1. The summed E-state index contributed by atoms with van der Waals surface area (Å²) in [6, 6.07) is 16.9. The van der Waals surface area contributed by atoms with Crippen molar-refractivity contribution >= 4 is 22.6 Å². The van der Waals surface area contributed by atoms with Crippen LogP contribution in [0.1, 0.15) is 15.9 Å². The Morgan fingerprint density at radius 2 is 1.59 bits per heavy atom. The van der Waals surface area contributed by atoms with Crippen LogP contribution in [0.5, 0.6) is 0 Å². The highest BCUT2D eigenvalue weighted by Crippen LogP contribution is 2.17. The first-order chi connectivity index (χ1) is 10.6. The standard InChI is InChI=1S/C19H12F2O/c20-17-9-8-16(12-18(17)21)19(22)10-6-13-5-7-14-3-1-2-4-15(14)11-13/h1-12H/b10-6+. The summed E-state index contributed by atoms with van der Waals surface area (Å²) in [6.07, 6.45) is 3.02. The van der Waals surface area contributed by atoms with Gasteiger partial charge in [0, 0.05) is 5.56 Å². The molecule has 3 rings (SSSR count). The van der Waals surface area contributed by atoms with E-state index in [4.69, 9.17) is 0 Å². The molecule has 0 fully saturated rings. The molecule has 0 aliphatic rings. The summed E-state index contributed by atoms with van der Waals surface area (Å²) in [6.45, 7) is 0. The van der Waals surface area contributed by atoms with Gasteiger partial charge in [0.15, 0.2) is 17.4 Å². The molecule has 108 valence electrons. The Morgan fingerprint density at radius 1 is 0.818 bits per heavy atom. The van der Waals surface area contributed by atoms with E-state index in [0.29, 0.717) is 0 Å². The second-order valence-electron chi connectivity index (χ2n) is 4.93.